The van der Waals surface area contributed by atoms with Crippen LogP contribution in [0.2, 0.25) is 0 Å². The molecule has 2 aromatic heterocycles. The van der Waals surface area contributed by atoms with Crippen molar-refractivity contribution in [2.45, 2.75) is 19.1 Å². The SMILES string of the molecule is COc1cc(-c2cnn3c2C(=O)N(c2ccc(C(F)(F)F)cc2)C[C@@H]3C)ccn1. The summed E-state index contributed by atoms with van der Waals surface area (Å²) in [6, 6.07) is 7.88. The molecule has 0 N–H and O–H groups in total. The summed E-state index contributed by atoms with van der Waals surface area (Å²) in [5.74, 6) is 0.0736. The maximum absolute atomic E-state index is 13.3. The van der Waals surface area contributed by atoms with Crippen molar-refractivity contribution >= 4 is 11.6 Å². The smallest absolute Gasteiger partial charge is 0.416 e. The fourth-order valence-electron chi connectivity index (χ4n) is 3.41. The Kier molecular flexibility index (Phi) is 4.52. The van der Waals surface area contributed by atoms with E-state index in [0.717, 1.165) is 12.1 Å². The molecule has 1 aromatic carbocycles. The number of ether oxygens (including phenoxy) is 1. The fraction of sp³-hybridized carbons (Fsp3) is 0.250. The van der Waals surface area contributed by atoms with Crippen LogP contribution in [-0.2, 0) is 6.18 Å². The van der Waals surface area contributed by atoms with Gasteiger partial charge in [0.2, 0.25) is 5.88 Å². The Hall–Kier alpha value is -3.36. The second kappa shape index (κ2) is 6.91. The van der Waals surface area contributed by atoms with Crippen molar-refractivity contribution in [1.29, 1.82) is 0 Å². The minimum Gasteiger partial charge on any atom is -0.481 e. The van der Waals surface area contributed by atoms with Gasteiger partial charge >= 0.3 is 6.18 Å². The predicted molar refractivity (Wildman–Crippen MR) is 99.8 cm³/mol. The molecule has 9 heteroatoms. The number of fused-ring (bicyclic) bond motifs is 1. The largest absolute Gasteiger partial charge is 0.481 e. The summed E-state index contributed by atoms with van der Waals surface area (Å²) < 4.78 is 45.3. The van der Waals surface area contributed by atoms with Gasteiger partial charge in [-0.1, -0.05) is 0 Å². The Morgan fingerprint density at radius 2 is 1.90 bits per heavy atom. The number of nitrogens with zero attached hydrogens (tertiary/aromatic N) is 4. The molecule has 0 bridgehead atoms. The topological polar surface area (TPSA) is 60.3 Å². The van der Waals surface area contributed by atoms with Gasteiger partial charge in [-0.05, 0) is 42.8 Å². The summed E-state index contributed by atoms with van der Waals surface area (Å²) in [5, 5.41) is 4.35. The lowest BCUT2D eigenvalue weighted by Gasteiger charge is -2.32. The molecule has 0 radical (unpaired) electrons. The number of amides is 1. The molecule has 6 nitrogen and oxygen atoms in total. The number of carbonyl (C=O) groups excluding carboxylic acids is 1. The lowest BCUT2D eigenvalue weighted by Crippen LogP contribution is -2.42. The van der Waals surface area contributed by atoms with E-state index in [0.29, 0.717) is 34.9 Å². The van der Waals surface area contributed by atoms with Gasteiger partial charge in [0.05, 0.1) is 24.9 Å². The molecule has 0 saturated heterocycles. The molecule has 0 fully saturated rings. The van der Waals surface area contributed by atoms with E-state index in [1.54, 1.807) is 29.2 Å². The molecular formula is C20H17F3N4O2. The molecule has 1 amide bonds. The second-order valence-corrected chi connectivity index (χ2v) is 6.75. The molecule has 150 valence electrons. The van der Waals surface area contributed by atoms with Gasteiger partial charge in [0, 0.05) is 30.1 Å². The second-order valence-electron chi connectivity index (χ2n) is 6.75. The highest BCUT2D eigenvalue weighted by Crippen LogP contribution is 2.35. The third-order valence-electron chi connectivity index (χ3n) is 4.87. The summed E-state index contributed by atoms with van der Waals surface area (Å²) in [6.07, 6.45) is -1.25. The number of pyridine rings is 1. The van der Waals surface area contributed by atoms with E-state index in [1.165, 1.54) is 24.1 Å². The van der Waals surface area contributed by atoms with Crippen molar-refractivity contribution in [2.24, 2.45) is 0 Å². The molecule has 3 aromatic rings. The van der Waals surface area contributed by atoms with Crippen molar-refractivity contribution < 1.29 is 22.7 Å². The molecule has 3 heterocycles. The molecule has 0 unspecified atom stereocenters. The lowest BCUT2D eigenvalue weighted by atomic mass is 10.0. The van der Waals surface area contributed by atoms with Crippen LogP contribution in [0.5, 0.6) is 5.88 Å². The average Bonchev–Trinajstić information content (AvgIpc) is 3.16. The number of methoxy groups -OCH3 is 1. The van der Waals surface area contributed by atoms with Crippen LogP contribution in [-0.4, -0.2) is 34.3 Å². The lowest BCUT2D eigenvalue weighted by molar-refractivity contribution is -0.137. The maximum atomic E-state index is 13.3. The van der Waals surface area contributed by atoms with E-state index in [2.05, 4.69) is 10.1 Å². The summed E-state index contributed by atoms with van der Waals surface area (Å²) in [6.45, 7) is 2.20. The molecule has 0 spiro atoms. The average molecular weight is 402 g/mol. The van der Waals surface area contributed by atoms with E-state index in [-0.39, 0.29) is 11.9 Å². The van der Waals surface area contributed by atoms with E-state index in [4.69, 9.17) is 4.74 Å². The zero-order valence-corrected chi connectivity index (χ0v) is 15.6. The van der Waals surface area contributed by atoms with Crippen LogP contribution in [0.25, 0.3) is 11.1 Å². The van der Waals surface area contributed by atoms with Gasteiger partial charge < -0.3 is 9.64 Å². The summed E-state index contributed by atoms with van der Waals surface area (Å²) in [7, 11) is 1.50. The first kappa shape index (κ1) is 19.0. The van der Waals surface area contributed by atoms with Crippen molar-refractivity contribution in [1.82, 2.24) is 14.8 Å². The molecule has 1 aliphatic heterocycles. The van der Waals surface area contributed by atoms with Crippen LogP contribution in [0, 0.1) is 0 Å². The maximum Gasteiger partial charge on any atom is 0.416 e. The molecule has 0 aliphatic carbocycles. The summed E-state index contributed by atoms with van der Waals surface area (Å²) in [4.78, 5) is 18.8. The van der Waals surface area contributed by atoms with Crippen LogP contribution in [0.4, 0.5) is 18.9 Å². The predicted octanol–water partition coefficient (Wildman–Crippen LogP) is 4.19. The zero-order chi connectivity index (χ0) is 20.8. The highest BCUT2D eigenvalue weighted by molar-refractivity contribution is 6.09. The number of benzene rings is 1. The number of carbonyl (C=O) groups is 1. The number of anilines is 1. The van der Waals surface area contributed by atoms with Crippen LogP contribution in [0.15, 0.2) is 48.8 Å². The first-order valence-corrected chi connectivity index (χ1v) is 8.86. The number of alkyl halides is 3. The first-order valence-electron chi connectivity index (χ1n) is 8.86. The highest BCUT2D eigenvalue weighted by atomic mass is 19.4. The Balaban J connectivity index is 1.74. The Bertz CT molecular complexity index is 1060. The molecule has 29 heavy (non-hydrogen) atoms. The number of halogens is 3. The van der Waals surface area contributed by atoms with Gasteiger partial charge in [-0.3, -0.25) is 9.48 Å². The van der Waals surface area contributed by atoms with Gasteiger partial charge in [-0.15, -0.1) is 0 Å². The van der Waals surface area contributed by atoms with Crippen LogP contribution in [0.3, 0.4) is 0 Å². The number of aromatic nitrogens is 3. The molecule has 0 saturated carbocycles. The van der Waals surface area contributed by atoms with E-state index in [1.807, 2.05) is 6.92 Å². The van der Waals surface area contributed by atoms with Crippen LogP contribution in [0.1, 0.15) is 29.0 Å². The molecule has 1 aliphatic rings. The monoisotopic (exact) mass is 402 g/mol. The quantitative estimate of drug-likeness (QED) is 0.659. The van der Waals surface area contributed by atoms with Gasteiger partial charge in [0.1, 0.15) is 5.69 Å². The third-order valence-corrected chi connectivity index (χ3v) is 4.87. The van der Waals surface area contributed by atoms with Gasteiger partial charge in [-0.25, -0.2) is 4.98 Å². The van der Waals surface area contributed by atoms with E-state index < -0.39 is 11.7 Å². The number of hydrogen-bond donors (Lipinski definition) is 0. The van der Waals surface area contributed by atoms with Gasteiger partial charge in [-0.2, -0.15) is 18.3 Å². The standard InChI is InChI=1S/C20H17F3N4O2/c1-12-11-26(15-5-3-14(4-6-15)20(21,22)23)19(28)18-16(10-25-27(12)18)13-7-8-24-17(9-13)29-2/h3-10,12H,11H2,1-2H3/t12-/m0/s1. The van der Waals surface area contributed by atoms with E-state index in [9.17, 15) is 18.0 Å². The van der Waals surface area contributed by atoms with Crippen molar-refractivity contribution in [3.05, 3.63) is 60.0 Å². The minimum atomic E-state index is -4.43. The summed E-state index contributed by atoms with van der Waals surface area (Å²) >= 11 is 0. The van der Waals surface area contributed by atoms with Crippen molar-refractivity contribution in [3.63, 3.8) is 0 Å². The number of hydrogen-bond acceptors (Lipinski definition) is 4. The van der Waals surface area contributed by atoms with Crippen LogP contribution >= 0.6 is 0 Å². The summed E-state index contributed by atoms with van der Waals surface area (Å²) in [5.41, 5.74) is 1.35. The normalized spacial score (nSPS) is 16.7. The van der Waals surface area contributed by atoms with Gasteiger partial charge in [0.15, 0.2) is 0 Å². The first-order chi connectivity index (χ1) is 13.8. The van der Waals surface area contributed by atoms with E-state index >= 15 is 0 Å². The molecule has 4 rings (SSSR count). The third kappa shape index (κ3) is 3.32. The highest BCUT2D eigenvalue weighted by Gasteiger charge is 2.35. The van der Waals surface area contributed by atoms with Gasteiger partial charge in [0.25, 0.3) is 5.91 Å². The van der Waals surface area contributed by atoms with Crippen molar-refractivity contribution in [3.8, 4) is 17.0 Å². The molecule has 1 atom stereocenters. The minimum absolute atomic E-state index is 0.150. The Morgan fingerprint density at radius 3 is 2.55 bits per heavy atom. The molecular weight excluding hydrogens is 385 g/mol. The Labute approximate surface area is 164 Å². The zero-order valence-electron chi connectivity index (χ0n) is 15.6. The van der Waals surface area contributed by atoms with Crippen molar-refractivity contribution in [2.75, 3.05) is 18.6 Å². The Morgan fingerprint density at radius 1 is 1.17 bits per heavy atom. The number of rotatable bonds is 3. The van der Waals surface area contributed by atoms with Crippen LogP contribution < -0.4 is 9.64 Å². The fourth-order valence-corrected chi connectivity index (χ4v) is 3.41.